The van der Waals surface area contributed by atoms with Crippen LogP contribution in [0.25, 0.3) is 0 Å². The van der Waals surface area contributed by atoms with E-state index < -0.39 is 15.9 Å². The van der Waals surface area contributed by atoms with Gasteiger partial charge in [-0.15, -0.1) is 0 Å². The number of nitrogens with one attached hydrogen (secondary N) is 2. The fourth-order valence-electron chi connectivity index (χ4n) is 2.16. The van der Waals surface area contributed by atoms with E-state index in [9.17, 15) is 13.2 Å². The maximum atomic E-state index is 12.5. The molecule has 0 heterocycles. The molecule has 1 amide bonds. The SMILES string of the molecule is Cc1c(Cl)cccc1NC(=O)c1cc(S(=O)(=O)NC(C)C)ccc1Cl. The molecule has 0 atom stereocenters. The second-order valence-electron chi connectivity index (χ2n) is 5.78. The lowest BCUT2D eigenvalue weighted by Gasteiger charge is -2.13. The summed E-state index contributed by atoms with van der Waals surface area (Å²) in [5, 5.41) is 3.37. The molecule has 5 nitrogen and oxygen atoms in total. The van der Waals surface area contributed by atoms with Gasteiger partial charge in [0, 0.05) is 16.8 Å². The Kier molecular flexibility index (Phi) is 6.11. The minimum Gasteiger partial charge on any atom is -0.322 e. The molecule has 8 heteroatoms. The van der Waals surface area contributed by atoms with Crippen molar-refractivity contribution in [2.75, 3.05) is 5.32 Å². The Hall–Kier alpha value is -1.60. The lowest BCUT2D eigenvalue weighted by molar-refractivity contribution is 0.102. The van der Waals surface area contributed by atoms with E-state index in [1.165, 1.54) is 18.2 Å². The molecule has 0 aromatic heterocycles. The molecule has 2 aromatic carbocycles. The van der Waals surface area contributed by atoms with Gasteiger partial charge in [0.15, 0.2) is 0 Å². The lowest BCUT2D eigenvalue weighted by atomic mass is 10.1. The summed E-state index contributed by atoms with van der Waals surface area (Å²) in [7, 11) is -3.73. The Morgan fingerprint density at radius 2 is 1.76 bits per heavy atom. The zero-order valence-corrected chi connectivity index (χ0v) is 16.3. The first-order valence-electron chi connectivity index (χ1n) is 7.50. The van der Waals surface area contributed by atoms with Crippen LogP contribution in [0, 0.1) is 6.92 Å². The molecule has 0 unspecified atom stereocenters. The van der Waals surface area contributed by atoms with Crippen LogP contribution in [0.5, 0.6) is 0 Å². The van der Waals surface area contributed by atoms with Crippen LogP contribution in [0.15, 0.2) is 41.3 Å². The van der Waals surface area contributed by atoms with Crippen LogP contribution in [0.4, 0.5) is 5.69 Å². The maximum absolute atomic E-state index is 12.5. The van der Waals surface area contributed by atoms with Crippen molar-refractivity contribution < 1.29 is 13.2 Å². The highest BCUT2D eigenvalue weighted by Gasteiger charge is 2.20. The second kappa shape index (κ2) is 7.74. The van der Waals surface area contributed by atoms with Crippen molar-refractivity contribution in [1.29, 1.82) is 0 Å². The number of amides is 1. The van der Waals surface area contributed by atoms with E-state index in [-0.39, 0.29) is 21.5 Å². The summed E-state index contributed by atoms with van der Waals surface area (Å²) in [6.07, 6.45) is 0. The molecule has 2 rings (SSSR count). The van der Waals surface area contributed by atoms with Crippen LogP contribution in [-0.4, -0.2) is 20.4 Å². The third kappa shape index (κ3) is 4.73. The van der Waals surface area contributed by atoms with Gasteiger partial charge in [-0.3, -0.25) is 4.79 Å². The molecule has 0 spiro atoms. The van der Waals surface area contributed by atoms with E-state index in [4.69, 9.17) is 23.2 Å². The first kappa shape index (κ1) is 19.7. The maximum Gasteiger partial charge on any atom is 0.257 e. The first-order chi connectivity index (χ1) is 11.6. The fourth-order valence-corrected chi connectivity index (χ4v) is 3.81. The Balaban J connectivity index is 2.37. The normalized spacial score (nSPS) is 11.6. The summed E-state index contributed by atoms with van der Waals surface area (Å²) >= 11 is 12.1. The molecule has 0 saturated heterocycles. The molecule has 134 valence electrons. The molecule has 25 heavy (non-hydrogen) atoms. The van der Waals surface area contributed by atoms with E-state index in [2.05, 4.69) is 10.0 Å². The van der Waals surface area contributed by atoms with Crippen LogP contribution in [0.2, 0.25) is 10.0 Å². The van der Waals surface area contributed by atoms with Crippen LogP contribution >= 0.6 is 23.2 Å². The van der Waals surface area contributed by atoms with E-state index in [1.807, 2.05) is 0 Å². The third-order valence-electron chi connectivity index (χ3n) is 3.40. The average molecular weight is 401 g/mol. The molecule has 0 aliphatic heterocycles. The molecule has 2 N–H and O–H groups in total. The van der Waals surface area contributed by atoms with Crippen LogP contribution in [0.1, 0.15) is 29.8 Å². The van der Waals surface area contributed by atoms with Gasteiger partial charge < -0.3 is 5.32 Å². The van der Waals surface area contributed by atoms with Gasteiger partial charge in [0.1, 0.15) is 0 Å². The van der Waals surface area contributed by atoms with Crippen LogP contribution in [0.3, 0.4) is 0 Å². The molecular formula is C17H18Cl2N2O3S. The number of rotatable bonds is 5. The van der Waals surface area contributed by atoms with Crippen molar-refractivity contribution >= 4 is 44.8 Å². The highest BCUT2D eigenvalue weighted by molar-refractivity contribution is 7.89. The predicted molar refractivity (Wildman–Crippen MR) is 101 cm³/mol. The number of benzene rings is 2. The number of halogens is 2. The quantitative estimate of drug-likeness (QED) is 0.787. The van der Waals surface area contributed by atoms with Gasteiger partial charge in [0.05, 0.1) is 15.5 Å². The van der Waals surface area contributed by atoms with E-state index in [1.54, 1.807) is 39.0 Å². The number of anilines is 1. The number of hydrogen-bond donors (Lipinski definition) is 2. The number of carbonyl (C=O) groups is 1. The van der Waals surface area contributed by atoms with Gasteiger partial charge in [0.2, 0.25) is 10.0 Å². The van der Waals surface area contributed by atoms with Gasteiger partial charge in [-0.05, 0) is 56.7 Å². The number of sulfonamides is 1. The molecule has 0 aliphatic carbocycles. The van der Waals surface area contributed by atoms with Gasteiger partial charge >= 0.3 is 0 Å². The highest BCUT2D eigenvalue weighted by atomic mass is 35.5. The molecule has 0 saturated carbocycles. The summed E-state index contributed by atoms with van der Waals surface area (Å²) in [5.41, 5.74) is 1.30. The summed E-state index contributed by atoms with van der Waals surface area (Å²) in [4.78, 5) is 12.5. The van der Waals surface area contributed by atoms with Crippen LogP contribution in [-0.2, 0) is 10.0 Å². The van der Waals surface area contributed by atoms with Crippen molar-refractivity contribution in [3.05, 3.63) is 57.6 Å². The van der Waals surface area contributed by atoms with Crippen molar-refractivity contribution in [3.63, 3.8) is 0 Å². The Morgan fingerprint density at radius 1 is 1.08 bits per heavy atom. The second-order valence-corrected chi connectivity index (χ2v) is 8.31. The Labute approximate surface area is 157 Å². The summed E-state index contributed by atoms with van der Waals surface area (Å²) in [5.74, 6) is -0.517. The lowest BCUT2D eigenvalue weighted by Crippen LogP contribution is -2.30. The van der Waals surface area contributed by atoms with E-state index in [0.29, 0.717) is 16.3 Å². The van der Waals surface area contributed by atoms with Gasteiger partial charge in [-0.2, -0.15) is 0 Å². The highest BCUT2D eigenvalue weighted by Crippen LogP contribution is 2.26. The predicted octanol–water partition coefficient (Wildman–Crippen LogP) is 4.24. The molecule has 2 aromatic rings. The Morgan fingerprint density at radius 3 is 2.40 bits per heavy atom. The topological polar surface area (TPSA) is 75.3 Å². The zero-order chi connectivity index (χ0) is 18.8. The van der Waals surface area contributed by atoms with Gasteiger partial charge in [-0.25, -0.2) is 13.1 Å². The van der Waals surface area contributed by atoms with Crippen molar-refractivity contribution in [2.24, 2.45) is 0 Å². The first-order valence-corrected chi connectivity index (χ1v) is 9.74. The largest absolute Gasteiger partial charge is 0.322 e. The number of carbonyl (C=O) groups excluding carboxylic acids is 1. The Bertz CT molecular complexity index is 912. The molecular weight excluding hydrogens is 383 g/mol. The minimum atomic E-state index is -3.73. The van der Waals surface area contributed by atoms with Crippen molar-refractivity contribution in [2.45, 2.75) is 31.7 Å². The van der Waals surface area contributed by atoms with E-state index in [0.717, 1.165) is 0 Å². The zero-order valence-electron chi connectivity index (χ0n) is 13.9. The van der Waals surface area contributed by atoms with Crippen LogP contribution < -0.4 is 10.0 Å². The summed E-state index contributed by atoms with van der Waals surface area (Å²) in [6, 6.07) is 8.84. The van der Waals surface area contributed by atoms with Crippen molar-refractivity contribution in [1.82, 2.24) is 4.72 Å². The fraction of sp³-hybridized carbons (Fsp3) is 0.235. The monoisotopic (exact) mass is 400 g/mol. The molecule has 0 fully saturated rings. The minimum absolute atomic E-state index is 0.0291. The van der Waals surface area contributed by atoms with Gasteiger partial charge in [-0.1, -0.05) is 29.3 Å². The number of hydrogen-bond acceptors (Lipinski definition) is 3. The average Bonchev–Trinajstić information content (AvgIpc) is 2.50. The summed E-state index contributed by atoms with van der Waals surface area (Å²) < 4.78 is 27.0. The van der Waals surface area contributed by atoms with E-state index >= 15 is 0 Å². The standard InChI is InChI=1S/C17H18Cl2N2O3S/c1-10(2)21-25(23,24)12-7-8-15(19)13(9-12)17(22)20-16-6-4-5-14(18)11(16)3/h4-10,21H,1-3H3,(H,20,22). The molecule has 0 bridgehead atoms. The molecule has 0 radical (unpaired) electrons. The summed E-state index contributed by atoms with van der Waals surface area (Å²) in [6.45, 7) is 5.19. The molecule has 0 aliphatic rings. The third-order valence-corrected chi connectivity index (χ3v) is 5.79. The smallest absolute Gasteiger partial charge is 0.257 e. The van der Waals surface area contributed by atoms with Crippen molar-refractivity contribution in [3.8, 4) is 0 Å². The van der Waals surface area contributed by atoms with Gasteiger partial charge in [0.25, 0.3) is 5.91 Å².